The average molecular weight is 1530 g/mol. The van der Waals surface area contributed by atoms with Gasteiger partial charge in [-0.05, 0) is 180 Å². The predicted octanol–water partition coefficient (Wildman–Crippen LogP) is 4.84. The van der Waals surface area contributed by atoms with Crippen molar-refractivity contribution < 1.29 is 100 Å². The lowest BCUT2D eigenvalue weighted by atomic mass is 9.93. The monoisotopic (exact) mass is 1530 g/mol. The zero-order valence-electron chi connectivity index (χ0n) is 62.9. The second-order valence-corrected chi connectivity index (χ2v) is 30.6. The maximum atomic E-state index is 10.6. The molecule has 0 amide bonds. The highest BCUT2D eigenvalue weighted by atomic mass is 16.6. The van der Waals surface area contributed by atoms with Crippen molar-refractivity contribution in [2.24, 2.45) is 11.8 Å². The molecule has 110 heavy (non-hydrogen) atoms. The molecule has 25 unspecified atom stereocenters. The van der Waals surface area contributed by atoms with Crippen LogP contribution in [0.3, 0.4) is 0 Å². The van der Waals surface area contributed by atoms with E-state index in [2.05, 4.69) is 24.9 Å². The van der Waals surface area contributed by atoms with Crippen LogP contribution in [0.2, 0.25) is 0 Å². The van der Waals surface area contributed by atoms with Crippen molar-refractivity contribution in [3.05, 3.63) is 150 Å². The van der Waals surface area contributed by atoms with Gasteiger partial charge < -0.3 is 123 Å². The standard InChI is InChI=1S/2C18H24N2O4.2C15H20N2O4.C14H18N2O4/c2*1-10-6-8-19-17-12(10)7-9-20(17)18-15(23)14(22)16(24-18)13(21)11-4-2-3-5-11;2*1-3-10(18)13-11(19)12(20)15(21-13)17-7-5-9-8(2)4-6-16-14(9)17;1-7-3-5-15-13-9(7)4-6-16(13)14-11(19)10(18)12(20-14)8(2)17/h2*6-9,11,13-16,18,21-23H,2-5H2,1H3;2*4-7,10-13,15,18-20H,3H2,1-2H3;3-6,8,10-12,14,17-19H,1-2H3. The van der Waals surface area contributed by atoms with Crippen LogP contribution in [-0.2, 0) is 23.7 Å². The van der Waals surface area contributed by atoms with E-state index in [1.807, 2.05) is 108 Å². The van der Waals surface area contributed by atoms with Gasteiger partial charge in [0.25, 0.3) is 0 Å². The van der Waals surface area contributed by atoms with E-state index in [0.717, 1.165) is 106 Å². The van der Waals surface area contributed by atoms with Crippen LogP contribution >= 0.6 is 0 Å². The molecule has 17 rings (SSSR count). The Kier molecular flexibility index (Phi) is 25.1. The highest BCUT2D eigenvalue weighted by molar-refractivity contribution is 5.83. The quantitative estimate of drug-likeness (QED) is 0.0692. The number of fused-ring (bicyclic) bond motifs is 5. The van der Waals surface area contributed by atoms with Gasteiger partial charge in [-0.1, -0.05) is 39.5 Å². The molecule has 30 heteroatoms. The summed E-state index contributed by atoms with van der Waals surface area (Å²) in [6.45, 7) is 15.1. The summed E-state index contributed by atoms with van der Waals surface area (Å²) >= 11 is 0. The molecule has 0 bridgehead atoms. The Morgan fingerprint density at radius 3 is 0.745 bits per heavy atom. The largest absolute Gasteiger partial charge is 0.391 e. The first kappa shape index (κ1) is 80.7. The maximum absolute atomic E-state index is 10.6. The summed E-state index contributed by atoms with van der Waals surface area (Å²) in [6, 6.07) is 19.2. The fraction of sp³-hybridized carbons (Fsp3) is 0.562. The lowest BCUT2D eigenvalue weighted by Crippen LogP contribution is -2.41. The first-order valence-electron chi connectivity index (χ1n) is 38.3. The van der Waals surface area contributed by atoms with Gasteiger partial charge in [0.1, 0.15) is 120 Å². The van der Waals surface area contributed by atoms with Crippen LogP contribution < -0.4 is 0 Å². The van der Waals surface area contributed by atoms with E-state index in [4.69, 9.17) is 23.7 Å². The van der Waals surface area contributed by atoms with Crippen LogP contribution in [0.5, 0.6) is 0 Å². The molecule has 5 saturated heterocycles. The van der Waals surface area contributed by atoms with E-state index in [1.54, 1.807) is 86.3 Å². The molecule has 25 atom stereocenters. The molecular weight excluding hydrogens is 1420 g/mol. The summed E-state index contributed by atoms with van der Waals surface area (Å²) in [5.41, 5.74) is 8.92. The van der Waals surface area contributed by atoms with Gasteiger partial charge in [0.15, 0.2) is 31.1 Å². The SMILES string of the molecule is CCC(O)C1OC(n2ccc3c(C)ccnc32)C(O)C1O.CCC(O)C1OC(n2ccc3c(C)ccnc32)C(O)C1O.Cc1ccnc2c1ccn2C1OC(C(C)O)C(O)C1O.Cc1ccnc2c1ccn2C1OC(C(O)C2CCCC2)C(O)C1O.Cc1ccnc2c1ccn2C1OC(C(O)C2CCCC2)C(O)C1O. The number of aryl methyl sites for hydroxylation is 5. The number of ether oxygens (including phenoxy) is 5. The molecular formula is C80H106N10O20. The molecule has 15 N–H and O–H groups in total. The number of aromatic nitrogens is 10. The third-order valence-corrected chi connectivity index (χ3v) is 23.4. The fourth-order valence-corrected chi connectivity index (χ4v) is 16.8. The normalized spacial score (nSPS) is 31.8. The Morgan fingerprint density at radius 2 is 0.527 bits per heavy atom. The van der Waals surface area contributed by atoms with E-state index < -0.39 is 153 Å². The van der Waals surface area contributed by atoms with Crippen molar-refractivity contribution in [1.82, 2.24) is 47.8 Å². The molecule has 0 spiro atoms. The highest BCUT2D eigenvalue weighted by Crippen LogP contribution is 2.43. The molecule has 2 saturated carbocycles. The van der Waals surface area contributed by atoms with E-state index in [0.29, 0.717) is 41.1 Å². The molecule has 7 aliphatic rings. The Morgan fingerprint density at radius 1 is 0.318 bits per heavy atom. The smallest absolute Gasteiger partial charge is 0.164 e. The molecule has 10 aromatic heterocycles. The minimum absolute atomic E-state index is 0.136. The number of hydrogen-bond acceptors (Lipinski definition) is 25. The molecule has 15 heterocycles. The molecule has 2 aliphatic carbocycles. The average Bonchev–Trinajstić information content (AvgIpc) is 1.49. The van der Waals surface area contributed by atoms with Crippen LogP contribution in [0.4, 0.5) is 0 Å². The van der Waals surface area contributed by atoms with Gasteiger partial charge in [-0.3, -0.25) is 0 Å². The number of rotatable bonds is 14. The number of nitrogens with zero attached hydrogens (tertiary/aromatic N) is 10. The van der Waals surface area contributed by atoms with Crippen LogP contribution in [-0.4, -0.2) is 246 Å². The third kappa shape index (κ3) is 15.5. The molecule has 10 aromatic rings. The van der Waals surface area contributed by atoms with Gasteiger partial charge >= 0.3 is 0 Å². The van der Waals surface area contributed by atoms with Crippen molar-refractivity contribution >= 4 is 55.2 Å². The van der Waals surface area contributed by atoms with Crippen molar-refractivity contribution in [1.29, 1.82) is 0 Å². The number of hydrogen-bond donors (Lipinski definition) is 15. The fourth-order valence-electron chi connectivity index (χ4n) is 16.8. The second kappa shape index (κ2) is 34.1. The molecule has 596 valence electrons. The van der Waals surface area contributed by atoms with Crippen LogP contribution in [0, 0.1) is 46.5 Å². The van der Waals surface area contributed by atoms with E-state index in [9.17, 15) is 76.6 Å². The zero-order chi connectivity index (χ0) is 78.4. The summed E-state index contributed by atoms with van der Waals surface area (Å²) < 4.78 is 37.5. The van der Waals surface area contributed by atoms with Crippen molar-refractivity contribution in [2.75, 3.05) is 0 Å². The van der Waals surface area contributed by atoms with Gasteiger partial charge in [0, 0.05) is 88.9 Å². The number of aliphatic hydroxyl groups excluding tert-OH is 15. The Hall–Kier alpha value is -7.35. The summed E-state index contributed by atoms with van der Waals surface area (Å²) in [4.78, 5) is 21.7. The first-order chi connectivity index (χ1) is 52.7. The Bertz CT molecular complexity index is 4470. The van der Waals surface area contributed by atoms with Gasteiger partial charge in [-0.15, -0.1) is 0 Å². The first-order valence-corrected chi connectivity index (χ1v) is 38.3. The lowest BCUT2D eigenvalue weighted by molar-refractivity contribution is -0.0997. The van der Waals surface area contributed by atoms with Gasteiger partial charge in [-0.25, -0.2) is 24.9 Å². The Labute approximate surface area is 635 Å². The van der Waals surface area contributed by atoms with Crippen molar-refractivity contribution in [3.8, 4) is 0 Å². The lowest BCUT2D eigenvalue weighted by Gasteiger charge is -2.25. The topological polar surface area (TPSA) is 439 Å². The van der Waals surface area contributed by atoms with Gasteiger partial charge in [0.2, 0.25) is 0 Å². The summed E-state index contributed by atoms with van der Waals surface area (Å²) in [5.74, 6) is 0.273. The van der Waals surface area contributed by atoms with Crippen LogP contribution in [0.25, 0.3) is 55.2 Å². The molecule has 30 nitrogen and oxygen atoms in total. The number of pyridine rings is 5. The predicted molar refractivity (Wildman–Crippen MR) is 402 cm³/mol. The molecule has 7 fully saturated rings. The van der Waals surface area contributed by atoms with E-state index in [-0.39, 0.29) is 11.8 Å². The van der Waals surface area contributed by atoms with Gasteiger partial charge in [-0.2, -0.15) is 0 Å². The van der Waals surface area contributed by atoms with E-state index >= 15 is 0 Å². The summed E-state index contributed by atoms with van der Waals surface area (Å²) in [6.07, 6.45) is 3.86. The van der Waals surface area contributed by atoms with Crippen LogP contribution in [0.1, 0.15) is 144 Å². The van der Waals surface area contributed by atoms with Crippen LogP contribution in [0.15, 0.2) is 123 Å². The second-order valence-electron chi connectivity index (χ2n) is 30.6. The summed E-state index contributed by atoms with van der Waals surface area (Å²) in [5, 5.41) is 158. The molecule has 5 aliphatic heterocycles. The summed E-state index contributed by atoms with van der Waals surface area (Å²) in [7, 11) is 0. The van der Waals surface area contributed by atoms with Crippen molar-refractivity contribution in [3.63, 3.8) is 0 Å². The van der Waals surface area contributed by atoms with Crippen molar-refractivity contribution in [2.45, 2.75) is 273 Å². The zero-order valence-corrected chi connectivity index (χ0v) is 62.9. The van der Waals surface area contributed by atoms with E-state index in [1.165, 1.54) is 6.92 Å². The molecule has 0 radical (unpaired) electrons. The minimum Gasteiger partial charge on any atom is -0.391 e. The number of aliphatic hydroxyl groups is 15. The third-order valence-electron chi connectivity index (χ3n) is 23.4. The minimum atomic E-state index is -1.12. The van der Waals surface area contributed by atoms with Gasteiger partial charge in [0.05, 0.1) is 30.5 Å². The molecule has 0 aromatic carbocycles. The Balaban J connectivity index is 0.000000121. The highest BCUT2D eigenvalue weighted by Gasteiger charge is 2.53. The maximum Gasteiger partial charge on any atom is 0.164 e.